The Morgan fingerprint density at radius 1 is 1.35 bits per heavy atom. The van der Waals surface area contributed by atoms with Crippen LogP contribution in [0.1, 0.15) is 45.8 Å². The molecule has 0 aliphatic carbocycles. The Kier molecular flexibility index (Phi) is 5.06. The highest BCUT2D eigenvalue weighted by molar-refractivity contribution is 5.29. The van der Waals surface area contributed by atoms with E-state index in [2.05, 4.69) is 45.1 Å². The van der Waals surface area contributed by atoms with Crippen molar-refractivity contribution < 1.29 is 9.47 Å². The van der Waals surface area contributed by atoms with Crippen LogP contribution < -0.4 is 10.1 Å². The molecule has 2 rings (SSSR count). The number of hydrogen-bond donors (Lipinski definition) is 1. The van der Waals surface area contributed by atoms with E-state index in [4.69, 9.17) is 9.47 Å². The summed E-state index contributed by atoms with van der Waals surface area (Å²) in [6.07, 6.45) is 1.15. The minimum Gasteiger partial charge on any atom is -0.494 e. The highest BCUT2D eigenvalue weighted by Gasteiger charge is 2.36. The third-order valence-corrected chi connectivity index (χ3v) is 4.16. The molecule has 0 bridgehead atoms. The molecule has 0 amide bonds. The highest BCUT2D eigenvalue weighted by Crippen LogP contribution is 2.32. The molecule has 1 aromatic carbocycles. The Morgan fingerprint density at radius 2 is 2.05 bits per heavy atom. The second kappa shape index (κ2) is 6.59. The monoisotopic (exact) mass is 277 g/mol. The molecule has 112 valence electrons. The number of nitrogens with one attached hydrogen (secondary N) is 1. The average molecular weight is 277 g/mol. The Labute approximate surface area is 122 Å². The number of rotatable bonds is 5. The topological polar surface area (TPSA) is 30.5 Å². The van der Waals surface area contributed by atoms with Crippen LogP contribution >= 0.6 is 0 Å². The van der Waals surface area contributed by atoms with Crippen molar-refractivity contribution in [1.82, 2.24) is 5.32 Å². The standard InChI is InChI=1S/C17H27NO2/c1-5-10-19-15-8-6-14(7-9-15)16-11-18-12-17(4,20-16)13(2)3/h6-9,13,16,18H,5,10-12H2,1-4H3. The van der Waals surface area contributed by atoms with Crippen LogP contribution in [-0.2, 0) is 4.74 Å². The molecule has 0 spiro atoms. The van der Waals surface area contributed by atoms with Crippen LogP contribution in [0.2, 0.25) is 0 Å². The summed E-state index contributed by atoms with van der Waals surface area (Å²) in [4.78, 5) is 0. The lowest BCUT2D eigenvalue weighted by Crippen LogP contribution is -2.52. The Morgan fingerprint density at radius 3 is 2.65 bits per heavy atom. The van der Waals surface area contributed by atoms with E-state index in [-0.39, 0.29) is 11.7 Å². The summed E-state index contributed by atoms with van der Waals surface area (Å²) in [5, 5.41) is 3.50. The van der Waals surface area contributed by atoms with Crippen LogP contribution in [0.4, 0.5) is 0 Å². The zero-order valence-corrected chi connectivity index (χ0v) is 13.1. The molecule has 20 heavy (non-hydrogen) atoms. The number of hydrogen-bond acceptors (Lipinski definition) is 3. The molecule has 3 heteroatoms. The van der Waals surface area contributed by atoms with E-state index in [0.29, 0.717) is 5.92 Å². The average Bonchev–Trinajstić information content (AvgIpc) is 2.45. The van der Waals surface area contributed by atoms with Crippen molar-refractivity contribution in [2.45, 2.75) is 45.8 Å². The van der Waals surface area contributed by atoms with Gasteiger partial charge in [-0.05, 0) is 37.0 Å². The summed E-state index contributed by atoms with van der Waals surface area (Å²) in [6, 6.07) is 8.30. The summed E-state index contributed by atoms with van der Waals surface area (Å²) in [6.45, 7) is 11.3. The van der Waals surface area contributed by atoms with E-state index in [0.717, 1.165) is 31.9 Å². The molecule has 0 aromatic heterocycles. The number of ether oxygens (including phenoxy) is 2. The molecule has 1 N–H and O–H groups in total. The van der Waals surface area contributed by atoms with E-state index >= 15 is 0 Å². The molecule has 2 unspecified atom stereocenters. The Balaban J connectivity index is 2.04. The summed E-state index contributed by atoms with van der Waals surface area (Å²) < 4.78 is 12.0. The van der Waals surface area contributed by atoms with Crippen molar-refractivity contribution in [1.29, 1.82) is 0 Å². The summed E-state index contributed by atoms with van der Waals surface area (Å²) >= 11 is 0. The lowest BCUT2D eigenvalue weighted by molar-refractivity contribution is -0.132. The predicted octanol–water partition coefficient (Wildman–Crippen LogP) is 3.55. The molecular formula is C17H27NO2. The molecule has 2 atom stereocenters. The van der Waals surface area contributed by atoms with Crippen LogP contribution in [-0.4, -0.2) is 25.3 Å². The normalized spacial score (nSPS) is 26.8. The first kappa shape index (κ1) is 15.3. The van der Waals surface area contributed by atoms with Crippen LogP contribution in [0.15, 0.2) is 24.3 Å². The first-order valence-electron chi connectivity index (χ1n) is 7.66. The summed E-state index contributed by atoms with van der Waals surface area (Å²) in [5.41, 5.74) is 1.12. The molecule has 3 nitrogen and oxygen atoms in total. The van der Waals surface area contributed by atoms with Crippen molar-refractivity contribution in [2.75, 3.05) is 19.7 Å². The first-order valence-corrected chi connectivity index (χ1v) is 7.66. The van der Waals surface area contributed by atoms with Crippen molar-refractivity contribution in [3.05, 3.63) is 29.8 Å². The van der Waals surface area contributed by atoms with Gasteiger partial charge in [0, 0.05) is 13.1 Å². The molecule has 0 saturated carbocycles. The van der Waals surface area contributed by atoms with Gasteiger partial charge in [0.1, 0.15) is 5.75 Å². The second-order valence-corrected chi connectivity index (χ2v) is 6.12. The quantitative estimate of drug-likeness (QED) is 0.893. The highest BCUT2D eigenvalue weighted by atomic mass is 16.5. The predicted molar refractivity (Wildman–Crippen MR) is 82.2 cm³/mol. The lowest BCUT2D eigenvalue weighted by Gasteiger charge is -2.42. The van der Waals surface area contributed by atoms with Gasteiger partial charge in [0.15, 0.2) is 0 Å². The maximum absolute atomic E-state index is 6.34. The lowest BCUT2D eigenvalue weighted by atomic mass is 9.90. The molecule has 1 saturated heterocycles. The van der Waals surface area contributed by atoms with Gasteiger partial charge < -0.3 is 14.8 Å². The van der Waals surface area contributed by atoms with E-state index in [1.807, 2.05) is 12.1 Å². The van der Waals surface area contributed by atoms with Gasteiger partial charge in [-0.2, -0.15) is 0 Å². The van der Waals surface area contributed by atoms with E-state index in [9.17, 15) is 0 Å². The molecule has 1 aliphatic heterocycles. The summed E-state index contributed by atoms with van der Waals surface area (Å²) in [5.74, 6) is 1.43. The number of benzene rings is 1. The van der Waals surface area contributed by atoms with Gasteiger partial charge in [-0.25, -0.2) is 0 Å². The fourth-order valence-electron chi connectivity index (χ4n) is 2.38. The first-order chi connectivity index (χ1) is 9.55. The molecule has 0 radical (unpaired) electrons. The summed E-state index contributed by atoms with van der Waals surface area (Å²) in [7, 11) is 0. The van der Waals surface area contributed by atoms with Gasteiger partial charge in [-0.1, -0.05) is 32.9 Å². The zero-order chi connectivity index (χ0) is 14.6. The molecule has 1 fully saturated rings. The van der Waals surface area contributed by atoms with Crippen LogP contribution in [0.25, 0.3) is 0 Å². The largest absolute Gasteiger partial charge is 0.494 e. The minimum atomic E-state index is -0.0969. The third kappa shape index (κ3) is 3.53. The smallest absolute Gasteiger partial charge is 0.119 e. The fourth-order valence-corrected chi connectivity index (χ4v) is 2.38. The van der Waals surface area contributed by atoms with Gasteiger partial charge in [0.25, 0.3) is 0 Å². The fraction of sp³-hybridized carbons (Fsp3) is 0.647. The van der Waals surface area contributed by atoms with Gasteiger partial charge in [-0.15, -0.1) is 0 Å². The second-order valence-electron chi connectivity index (χ2n) is 6.12. The van der Waals surface area contributed by atoms with Crippen molar-refractivity contribution in [3.8, 4) is 5.75 Å². The van der Waals surface area contributed by atoms with Crippen LogP contribution in [0.3, 0.4) is 0 Å². The molecule has 1 aromatic rings. The molecule has 1 heterocycles. The third-order valence-electron chi connectivity index (χ3n) is 4.16. The zero-order valence-electron chi connectivity index (χ0n) is 13.1. The minimum absolute atomic E-state index is 0.0969. The maximum Gasteiger partial charge on any atom is 0.119 e. The van der Waals surface area contributed by atoms with Gasteiger partial charge in [0.2, 0.25) is 0 Å². The van der Waals surface area contributed by atoms with Crippen LogP contribution in [0, 0.1) is 5.92 Å². The van der Waals surface area contributed by atoms with Gasteiger partial charge in [0.05, 0.1) is 18.3 Å². The van der Waals surface area contributed by atoms with Gasteiger partial charge in [-0.3, -0.25) is 0 Å². The van der Waals surface area contributed by atoms with Crippen LogP contribution in [0.5, 0.6) is 5.75 Å². The molecule has 1 aliphatic rings. The van der Waals surface area contributed by atoms with E-state index in [1.54, 1.807) is 0 Å². The van der Waals surface area contributed by atoms with E-state index in [1.165, 1.54) is 5.56 Å². The van der Waals surface area contributed by atoms with Gasteiger partial charge >= 0.3 is 0 Å². The number of morpholine rings is 1. The van der Waals surface area contributed by atoms with Crippen molar-refractivity contribution >= 4 is 0 Å². The maximum atomic E-state index is 6.34. The molecular weight excluding hydrogens is 250 g/mol. The van der Waals surface area contributed by atoms with E-state index < -0.39 is 0 Å². The Hall–Kier alpha value is -1.06. The Bertz CT molecular complexity index is 416. The van der Waals surface area contributed by atoms with Crippen molar-refractivity contribution in [3.63, 3.8) is 0 Å². The van der Waals surface area contributed by atoms with Crippen molar-refractivity contribution in [2.24, 2.45) is 5.92 Å². The SMILES string of the molecule is CCCOc1ccc(C2CNCC(C)(C(C)C)O2)cc1.